The van der Waals surface area contributed by atoms with Crippen LogP contribution < -0.4 is 4.90 Å². The number of aliphatic carboxylic acids is 1. The maximum absolute atomic E-state index is 11.6. The molecule has 1 aliphatic heterocycles. The van der Waals surface area contributed by atoms with Gasteiger partial charge in [0.2, 0.25) is 5.91 Å². The molecular weight excluding hydrogens is 321 g/mol. The van der Waals surface area contributed by atoms with Crippen LogP contribution in [0.5, 0.6) is 0 Å². The molecule has 1 amide bonds. The fourth-order valence-electron chi connectivity index (χ4n) is 1.74. The van der Waals surface area contributed by atoms with Crippen molar-refractivity contribution < 1.29 is 14.7 Å². The first-order valence-corrected chi connectivity index (χ1v) is 5.94. The highest BCUT2D eigenvalue weighted by Crippen LogP contribution is 2.25. The highest BCUT2D eigenvalue weighted by Gasteiger charge is 2.34. The van der Waals surface area contributed by atoms with Crippen LogP contribution in [0.2, 0.25) is 0 Å². The molecule has 2 rings (SSSR count). The van der Waals surface area contributed by atoms with Gasteiger partial charge in [0.15, 0.2) is 0 Å². The Morgan fingerprint density at radius 1 is 1.38 bits per heavy atom. The lowest BCUT2D eigenvalue weighted by Crippen LogP contribution is -2.25. The van der Waals surface area contributed by atoms with Crippen molar-refractivity contribution in [2.75, 3.05) is 11.4 Å². The molecule has 0 bridgehead atoms. The summed E-state index contributed by atoms with van der Waals surface area (Å²) in [6.07, 6.45) is 0.0985. The Bertz CT molecular complexity index is 429. The molecule has 0 spiro atoms. The molecular formula is C11H10INO3. The van der Waals surface area contributed by atoms with Crippen molar-refractivity contribution in [2.45, 2.75) is 6.42 Å². The third-order valence-electron chi connectivity index (χ3n) is 2.61. The van der Waals surface area contributed by atoms with Crippen molar-refractivity contribution in [3.63, 3.8) is 0 Å². The van der Waals surface area contributed by atoms with E-state index in [2.05, 4.69) is 22.6 Å². The number of amides is 1. The van der Waals surface area contributed by atoms with E-state index in [-0.39, 0.29) is 18.9 Å². The number of rotatable bonds is 2. The van der Waals surface area contributed by atoms with Crippen molar-refractivity contribution in [2.24, 2.45) is 5.92 Å². The predicted octanol–water partition coefficient (Wildman–Crippen LogP) is 1.73. The van der Waals surface area contributed by atoms with Crippen LogP contribution in [0.3, 0.4) is 0 Å². The first kappa shape index (κ1) is 11.4. The molecule has 1 aromatic carbocycles. The van der Waals surface area contributed by atoms with Crippen LogP contribution in [0.25, 0.3) is 0 Å². The van der Waals surface area contributed by atoms with E-state index < -0.39 is 11.9 Å². The van der Waals surface area contributed by atoms with Gasteiger partial charge in [-0.25, -0.2) is 0 Å². The molecule has 1 atom stereocenters. The molecule has 1 fully saturated rings. The monoisotopic (exact) mass is 331 g/mol. The zero-order valence-electron chi connectivity index (χ0n) is 8.39. The van der Waals surface area contributed by atoms with Gasteiger partial charge < -0.3 is 10.0 Å². The van der Waals surface area contributed by atoms with Crippen molar-refractivity contribution in [1.29, 1.82) is 0 Å². The topological polar surface area (TPSA) is 57.6 Å². The third kappa shape index (κ3) is 2.18. The molecule has 84 valence electrons. The Labute approximate surface area is 106 Å². The summed E-state index contributed by atoms with van der Waals surface area (Å²) in [5.74, 6) is -1.60. The van der Waals surface area contributed by atoms with Gasteiger partial charge in [0.1, 0.15) is 0 Å². The van der Waals surface area contributed by atoms with Crippen LogP contribution in [0, 0.1) is 9.49 Å². The molecule has 1 N–H and O–H groups in total. The maximum atomic E-state index is 11.6. The normalized spacial score (nSPS) is 20.2. The predicted molar refractivity (Wildman–Crippen MR) is 67.3 cm³/mol. The summed E-state index contributed by atoms with van der Waals surface area (Å²) in [4.78, 5) is 24.0. The minimum absolute atomic E-state index is 0.0985. The number of hydrogen-bond acceptors (Lipinski definition) is 2. The van der Waals surface area contributed by atoms with E-state index in [9.17, 15) is 9.59 Å². The summed E-state index contributed by atoms with van der Waals surface area (Å²) in [6.45, 7) is 0.273. The molecule has 16 heavy (non-hydrogen) atoms. The fraction of sp³-hybridized carbons (Fsp3) is 0.273. The smallest absolute Gasteiger partial charge is 0.308 e. The molecule has 4 nitrogen and oxygen atoms in total. The Morgan fingerprint density at radius 3 is 2.50 bits per heavy atom. The van der Waals surface area contributed by atoms with Gasteiger partial charge in [-0.3, -0.25) is 9.59 Å². The first-order chi connectivity index (χ1) is 7.58. The number of carboxylic acid groups (broad SMARTS) is 1. The highest BCUT2D eigenvalue weighted by atomic mass is 127. The second kappa shape index (κ2) is 4.40. The second-order valence-electron chi connectivity index (χ2n) is 3.72. The summed E-state index contributed by atoms with van der Waals surface area (Å²) >= 11 is 2.18. The van der Waals surface area contributed by atoms with Gasteiger partial charge in [-0.1, -0.05) is 0 Å². The largest absolute Gasteiger partial charge is 0.481 e. The molecule has 1 saturated heterocycles. The first-order valence-electron chi connectivity index (χ1n) is 4.86. The quantitative estimate of drug-likeness (QED) is 0.840. The summed E-state index contributed by atoms with van der Waals surface area (Å²) in [6, 6.07) is 7.47. The Kier molecular flexibility index (Phi) is 3.13. The van der Waals surface area contributed by atoms with Crippen LogP contribution in [0.15, 0.2) is 24.3 Å². The summed E-state index contributed by atoms with van der Waals surface area (Å²) in [7, 11) is 0. The van der Waals surface area contributed by atoms with Crippen molar-refractivity contribution in [1.82, 2.24) is 0 Å². The van der Waals surface area contributed by atoms with Gasteiger partial charge in [0.25, 0.3) is 0 Å². The minimum Gasteiger partial charge on any atom is -0.481 e. The number of halogens is 1. The maximum Gasteiger partial charge on any atom is 0.308 e. The number of hydrogen-bond donors (Lipinski definition) is 1. The molecule has 0 saturated carbocycles. The number of carbonyl (C=O) groups is 2. The zero-order valence-corrected chi connectivity index (χ0v) is 10.5. The molecule has 0 aromatic heterocycles. The molecule has 1 aliphatic rings. The van der Waals surface area contributed by atoms with Gasteiger partial charge >= 0.3 is 5.97 Å². The van der Waals surface area contributed by atoms with E-state index in [1.165, 1.54) is 4.90 Å². The number of nitrogens with zero attached hydrogens (tertiary/aromatic N) is 1. The van der Waals surface area contributed by atoms with Crippen LogP contribution in [0.1, 0.15) is 6.42 Å². The number of carboxylic acids is 1. The van der Waals surface area contributed by atoms with E-state index in [4.69, 9.17) is 5.11 Å². The SMILES string of the molecule is O=C(O)[C@H]1CC(=O)N(c2ccc(I)cc2)C1. The van der Waals surface area contributed by atoms with Gasteiger partial charge in [-0.15, -0.1) is 0 Å². The molecule has 0 radical (unpaired) electrons. The number of anilines is 1. The summed E-state index contributed by atoms with van der Waals surface area (Å²) in [5, 5.41) is 8.86. The van der Waals surface area contributed by atoms with Crippen molar-refractivity contribution >= 4 is 40.2 Å². The molecule has 0 unspecified atom stereocenters. The third-order valence-corrected chi connectivity index (χ3v) is 3.33. The minimum atomic E-state index is -0.902. The molecule has 0 aliphatic carbocycles. The molecule has 1 aromatic rings. The van der Waals surface area contributed by atoms with Gasteiger partial charge in [0, 0.05) is 22.2 Å². The van der Waals surface area contributed by atoms with Crippen LogP contribution in [-0.4, -0.2) is 23.5 Å². The van der Waals surface area contributed by atoms with Crippen LogP contribution in [0.4, 0.5) is 5.69 Å². The summed E-state index contributed by atoms with van der Waals surface area (Å²) < 4.78 is 1.09. The lowest BCUT2D eigenvalue weighted by Gasteiger charge is -2.15. The van der Waals surface area contributed by atoms with E-state index in [0.717, 1.165) is 9.26 Å². The van der Waals surface area contributed by atoms with Gasteiger partial charge in [-0.05, 0) is 46.9 Å². The van der Waals surface area contributed by atoms with Gasteiger partial charge in [-0.2, -0.15) is 0 Å². The average Bonchev–Trinajstić information content (AvgIpc) is 2.62. The Hall–Kier alpha value is -1.11. The van der Waals surface area contributed by atoms with Crippen LogP contribution in [-0.2, 0) is 9.59 Å². The highest BCUT2D eigenvalue weighted by molar-refractivity contribution is 14.1. The lowest BCUT2D eigenvalue weighted by molar-refractivity contribution is -0.141. The van der Waals surface area contributed by atoms with Gasteiger partial charge in [0.05, 0.1) is 5.92 Å². The van der Waals surface area contributed by atoms with E-state index in [0.29, 0.717) is 0 Å². The summed E-state index contributed by atoms with van der Waals surface area (Å²) in [5.41, 5.74) is 0.772. The second-order valence-corrected chi connectivity index (χ2v) is 4.97. The van der Waals surface area contributed by atoms with E-state index in [1.54, 1.807) is 0 Å². The van der Waals surface area contributed by atoms with Crippen molar-refractivity contribution in [3.8, 4) is 0 Å². The molecule has 1 heterocycles. The molecule has 5 heteroatoms. The lowest BCUT2D eigenvalue weighted by atomic mass is 10.1. The average molecular weight is 331 g/mol. The number of carbonyl (C=O) groups excluding carboxylic acids is 1. The van der Waals surface area contributed by atoms with Crippen molar-refractivity contribution in [3.05, 3.63) is 27.8 Å². The Balaban J connectivity index is 2.20. The number of benzene rings is 1. The zero-order chi connectivity index (χ0) is 11.7. The standard InChI is InChI=1S/C11H10INO3/c12-8-1-3-9(4-2-8)13-6-7(11(15)16)5-10(13)14/h1-4,7H,5-6H2,(H,15,16)/t7-/m0/s1. The van der Waals surface area contributed by atoms with E-state index >= 15 is 0 Å². The van der Waals surface area contributed by atoms with Crippen LogP contribution >= 0.6 is 22.6 Å². The van der Waals surface area contributed by atoms with E-state index in [1.807, 2.05) is 24.3 Å². The Morgan fingerprint density at radius 2 is 2.00 bits per heavy atom. The fourth-order valence-corrected chi connectivity index (χ4v) is 2.10.